The van der Waals surface area contributed by atoms with Crippen molar-refractivity contribution in [2.45, 2.75) is 38.9 Å². The summed E-state index contributed by atoms with van der Waals surface area (Å²) in [5.41, 5.74) is 5.90. The molecule has 1 aromatic carbocycles. The predicted molar refractivity (Wildman–Crippen MR) is 110 cm³/mol. The van der Waals surface area contributed by atoms with Crippen LogP contribution in [0.1, 0.15) is 28.7 Å². The van der Waals surface area contributed by atoms with Crippen LogP contribution in [0.2, 0.25) is 0 Å². The van der Waals surface area contributed by atoms with Gasteiger partial charge in [-0.15, -0.1) is 0 Å². The topological polar surface area (TPSA) is 52.3 Å². The zero-order valence-corrected chi connectivity index (χ0v) is 16.9. The maximum atomic E-state index is 13.2. The van der Waals surface area contributed by atoms with Crippen LogP contribution in [-0.4, -0.2) is 40.0 Å². The molecule has 0 bridgehead atoms. The van der Waals surface area contributed by atoms with Crippen molar-refractivity contribution in [3.05, 3.63) is 63.2 Å². The first-order chi connectivity index (χ1) is 13.5. The van der Waals surface area contributed by atoms with Crippen LogP contribution in [0.25, 0.3) is 10.9 Å². The lowest BCUT2D eigenvalue weighted by atomic mass is 10.0. The number of fused-ring (bicyclic) bond motifs is 2. The van der Waals surface area contributed by atoms with Crippen molar-refractivity contribution < 1.29 is 4.74 Å². The van der Waals surface area contributed by atoms with Crippen LogP contribution in [0.4, 0.5) is 0 Å². The van der Waals surface area contributed by atoms with Crippen LogP contribution < -0.4 is 5.56 Å². The SMILES string of the molecule is COCCn1c(=O)c(CN(C)Cc2cnn(C)c2)cc2cc3c(cc21)CCC3. The molecule has 0 N–H and O–H groups in total. The molecule has 0 unspecified atom stereocenters. The van der Waals surface area contributed by atoms with E-state index in [1.165, 1.54) is 17.5 Å². The number of aryl methyl sites for hydroxylation is 3. The fourth-order valence-corrected chi connectivity index (χ4v) is 4.24. The van der Waals surface area contributed by atoms with Gasteiger partial charge in [-0.25, -0.2) is 0 Å². The van der Waals surface area contributed by atoms with Gasteiger partial charge in [-0.2, -0.15) is 5.10 Å². The van der Waals surface area contributed by atoms with E-state index in [1.807, 2.05) is 31.1 Å². The molecule has 6 nitrogen and oxygen atoms in total. The Morgan fingerprint density at radius 1 is 1.18 bits per heavy atom. The lowest BCUT2D eigenvalue weighted by Crippen LogP contribution is -2.29. The first-order valence-corrected chi connectivity index (χ1v) is 9.88. The van der Waals surface area contributed by atoms with E-state index in [2.05, 4.69) is 28.2 Å². The maximum Gasteiger partial charge on any atom is 0.255 e. The molecule has 28 heavy (non-hydrogen) atoms. The van der Waals surface area contributed by atoms with Crippen molar-refractivity contribution >= 4 is 10.9 Å². The Hall–Kier alpha value is -2.44. The van der Waals surface area contributed by atoms with Crippen LogP contribution in [0.3, 0.4) is 0 Å². The second kappa shape index (κ2) is 7.89. The van der Waals surface area contributed by atoms with Gasteiger partial charge in [0.15, 0.2) is 0 Å². The molecule has 0 saturated carbocycles. The molecular weight excluding hydrogens is 352 g/mol. The van der Waals surface area contributed by atoms with E-state index in [4.69, 9.17) is 4.74 Å². The highest BCUT2D eigenvalue weighted by molar-refractivity contribution is 5.82. The van der Waals surface area contributed by atoms with E-state index in [9.17, 15) is 4.79 Å². The van der Waals surface area contributed by atoms with Crippen molar-refractivity contribution in [2.75, 3.05) is 20.8 Å². The van der Waals surface area contributed by atoms with Crippen LogP contribution in [0, 0.1) is 0 Å². The minimum absolute atomic E-state index is 0.0838. The van der Waals surface area contributed by atoms with Crippen LogP contribution in [0.15, 0.2) is 35.4 Å². The number of benzene rings is 1. The Labute approximate surface area is 165 Å². The minimum atomic E-state index is 0.0838. The van der Waals surface area contributed by atoms with Crippen LogP contribution in [0.5, 0.6) is 0 Å². The fraction of sp³-hybridized carbons (Fsp3) is 0.455. The van der Waals surface area contributed by atoms with E-state index >= 15 is 0 Å². The maximum absolute atomic E-state index is 13.2. The van der Waals surface area contributed by atoms with Crippen LogP contribution in [-0.2, 0) is 44.3 Å². The third-order valence-electron chi connectivity index (χ3n) is 5.55. The molecule has 0 spiro atoms. The zero-order valence-electron chi connectivity index (χ0n) is 16.9. The number of hydrogen-bond donors (Lipinski definition) is 0. The lowest BCUT2D eigenvalue weighted by molar-refractivity contribution is 0.187. The summed E-state index contributed by atoms with van der Waals surface area (Å²) in [7, 11) is 5.63. The monoisotopic (exact) mass is 380 g/mol. The van der Waals surface area contributed by atoms with Crippen molar-refractivity contribution in [1.29, 1.82) is 0 Å². The fourth-order valence-electron chi connectivity index (χ4n) is 4.24. The highest BCUT2D eigenvalue weighted by Gasteiger charge is 2.16. The average Bonchev–Trinajstić information content (AvgIpc) is 3.28. The van der Waals surface area contributed by atoms with Gasteiger partial charge < -0.3 is 9.30 Å². The molecule has 3 aromatic rings. The summed E-state index contributed by atoms with van der Waals surface area (Å²) in [6.45, 7) is 2.47. The molecule has 0 radical (unpaired) electrons. The molecule has 2 heterocycles. The summed E-state index contributed by atoms with van der Waals surface area (Å²) in [4.78, 5) is 15.4. The zero-order chi connectivity index (χ0) is 19.7. The lowest BCUT2D eigenvalue weighted by Gasteiger charge is -2.18. The first kappa shape index (κ1) is 18.9. The summed E-state index contributed by atoms with van der Waals surface area (Å²) >= 11 is 0. The second-order valence-electron chi connectivity index (χ2n) is 7.85. The number of hydrogen-bond acceptors (Lipinski definition) is 4. The summed E-state index contributed by atoms with van der Waals surface area (Å²) in [6.07, 6.45) is 7.33. The Kier molecular flexibility index (Phi) is 5.33. The molecular formula is C22H28N4O2. The van der Waals surface area contributed by atoms with Gasteiger partial charge in [0.1, 0.15) is 0 Å². The van der Waals surface area contributed by atoms with Gasteiger partial charge in [-0.1, -0.05) is 0 Å². The Morgan fingerprint density at radius 2 is 1.96 bits per heavy atom. The minimum Gasteiger partial charge on any atom is -0.383 e. The largest absolute Gasteiger partial charge is 0.383 e. The van der Waals surface area contributed by atoms with E-state index in [0.29, 0.717) is 19.7 Å². The van der Waals surface area contributed by atoms with Gasteiger partial charge in [-0.05, 0) is 61.0 Å². The normalized spacial score (nSPS) is 13.6. The molecule has 0 amide bonds. The Morgan fingerprint density at radius 3 is 2.68 bits per heavy atom. The molecule has 1 aliphatic carbocycles. The molecule has 0 fully saturated rings. The van der Waals surface area contributed by atoms with Gasteiger partial charge in [-0.3, -0.25) is 14.4 Å². The van der Waals surface area contributed by atoms with Gasteiger partial charge in [0.25, 0.3) is 5.56 Å². The predicted octanol–water partition coefficient (Wildman–Crippen LogP) is 2.50. The number of methoxy groups -OCH3 is 1. The van der Waals surface area contributed by atoms with Crippen molar-refractivity contribution in [2.24, 2.45) is 7.05 Å². The number of aromatic nitrogens is 3. The van der Waals surface area contributed by atoms with Crippen molar-refractivity contribution in [1.82, 2.24) is 19.2 Å². The van der Waals surface area contributed by atoms with E-state index in [-0.39, 0.29) is 5.56 Å². The highest BCUT2D eigenvalue weighted by atomic mass is 16.5. The molecule has 6 heteroatoms. The van der Waals surface area contributed by atoms with Gasteiger partial charge in [0.05, 0.1) is 18.3 Å². The number of rotatable bonds is 7. The average molecular weight is 380 g/mol. The molecule has 0 saturated heterocycles. The molecule has 148 valence electrons. The van der Waals surface area contributed by atoms with Gasteiger partial charge >= 0.3 is 0 Å². The Balaban J connectivity index is 1.70. The van der Waals surface area contributed by atoms with E-state index in [0.717, 1.165) is 41.4 Å². The number of pyridine rings is 1. The van der Waals surface area contributed by atoms with Gasteiger partial charge in [0, 0.05) is 51.1 Å². The third-order valence-corrected chi connectivity index (χ3v) is 5.55. The van der Waals surface area contributed by atoms with E-state index < -0.39 is 0 Å². The third kappa shape index (κ3) is 3.75. The number of nitrogens with zero attached hydrogens (tertiary/aromatic N) is 4. The standard InChI is InChI=1S/C22H28N4O2/c1-24(13-16-12-23-25(2)14-16)15-20-10-19-9-17-5-4-6-18(17)11-21(19)26(22(20)27)7-8-28-3/h9-12,14H,4-8,13,15H2,1-3H3. The summed E-state index contributed by atoms with van der Waals surface area (Å²) in [6, 6.07) is 6.59. The summed E-state index contributed by atoms with van der Waals surface area (Å²) in [5, 5.41) is 5.38. The van der Waals surface area contributed by atoms with Crippen molar-refractivity contribution in [3.8, 4) is 0 Å². The van der Waals surface area contributed by atoms with Gasteiger partial charge in [0.2, 0.25) is 0 Å². The second-order valence-corrected chi connectivity index (χ2v) is 7.85. The molecule has 4 rings (SSSR count). The summed E-state index contributed by atoms with van der Waals surface area (Å²) < 4.78 is 8.96. The molecule has 0 aliphatic heterocycles. The number of ether oxygens (including phenoxy) is 1. The smallest absolute Gasteiger partial charge is 0.255 e. The molecule has 0 atom stereocenters. The first-order valence-electron chi connectivity index (χ1n) is 9.88. The van der Waals surface area contributed by atoms with Crippen LogP contribution >= 0.6 is 0 Å². The molecule has 2 aromatic heterocycles. The van der Waals surface area contributed by atoms with Crippen molar-refractivity contribution in [3.63, 3.8) is 0 Å². The highest BCUT2D eigenvalue weighted by Crippen LogP contribution is 2.27. The van der Waals surface area contributed by atoms with E-state index in [1.54, 1.807) is 11.8 Å². The summed E-state index contributed by atoms with van der Waals surface area (Å²) in [5.74, 6) is 0. The molecule has 1 aliphatic rings. The quantitative estimate of drug-likeness (QED) is 0.632. The Bertz CT molecular complexity index is 1050.